The standard InChI is InChI=1S/C9H12N4OS/c1-2-4-15-5-3-11-9(14)7-6-8(10)13-12-7/h1,6H,3-5H2,(H,11,14)(H3,10,12,13). The monoisotopic (exact) mass is 224 g/mol. The summed E-state index contributed by atoms with van der Waals surface area (Å²) in [5.41, 5.74) is 5.73. The first-order chi connectivity index (χ1) is 7.24. The largest absolute Gasteiger partial charge is 0.382 e. The Morgan fingerprint density at radius 2 is 2.60 bits per heavy atom. The van der Waals surface area contributed by atoms with Crippen LogP contribution in [0.5, 0.6) is 0 Å². The number of anilines is 1. The average molecular weight is 224 g/mol. The van der Waals surface area contributed by atoms with E-state index in [1.54, 1.807) is 11.8 Å². The van der Waals surface area contributed by atoms with Crippen LogP contribution in [0.3, 0.4) is 0 Å². The number of carbonyl (C=O) groups is 1. The Kier molecular flexibility index (Phi) is 4.57. The van der Waals surface area contributed by atoms with Gasteiger partial charge in [-0.05, 0) is 0 Å². The van der Waals surface area contributed by atoms with E-state index in [2.05, 4.69) is 21.4 Å². The first-order valence-corrected chi connectivity index (χ1v) is 5.50. The summed E-state index contributed by atoms with van der Waals surface area (Å²) in [6, 6.07) is 1.49. The molecule has 1 amide bonds. The topological polar surface area (TPSA) is 83.8 Å². The molecule has 0 atom stereocenters. The number of terminal acetylenes is 1. The summed E-state index contributed by atoms with van der Waals surface area (Å²) in [6.45, 7) is 0.574. The third kappa shape index (κ3) is 3.95. The number of hydrogen-bond acceptors (Lipinski definition) is 4. The van der Waals surface area contributed by atoms with Crippen molar-refractivity contribution >= 4 is 23.5 Å². The Morgan fingerprint density at radius 3 is 3.20 bits per heavy atom. The number of aromatic amines is 1. The number of thioether (sulfide) groups is 1. The van der Waals surface area contributed by atoms with Gasteiger partial charge in [0.15, 0.2) is 0 Å². The summed E-state index contributed by atoms with van der Waals surface area (Å²) in [4.78, 5) is 11.4. The van der Waals surface area contributed by atoms with Gasteiger partial charge in [-0.15, -0.1) is 18.2 Å². The fourth-order valence-corrected chi connectivity index (χ4v) is 1.43. The van der Waals surface area contributed by atoms with E-state index in [9.17, 15) is 4.79 Å². The molecule has 0 unspecified atom stereocenters. The van der Waals surface area contributed by atoms with Gasteiger partial charge >= 0.3 is 0 Å². The van der Waals surface area contributed by atoms with Gasteiger partial charge in [0.2, 0.25) is 0 Å². The van der Waals surface area contributed by atoms with Crippen LogP contribution in [0.25, 0.3) is 0 Å². The van der Waals surface area contributed by atoms with Gasteiger partial charge in [-0.1, -0.05) is 5.92 Å². The molecule has 80 valence electrons. The summed E-state index contributed by atoms with van der Waals surface area (Å²) in [5.74, 6) is 4.06. The van der Waals surface area contributed by atoms with Gasteiger partial charge in [0.1, 0.15) is 11.5 Å². The molecule has 0 bridgehead atoms. The van der Waals surface area contributed by atoms with Crippen molar-refractivity contribution in [2.24, 2.45) is 0 Å². The fraction of sp³-hybridized carbons (Fsp3) is 0.333. The first kappa shape index (κ1) is 11.5. The lowest BCUT2D eigenvalue weighted by atomic mass is 10.4. The number of H-pyrrole nitrogens is 1. The summed E-state index contributed by atoms with van der Waals surface area (Å²) < 4.78 is 0. The zero-order chi connectivity index (χ0) is 11.1. The summed E-state index contributed by atoms with van der Waals surface area (Å²) in [6.07, 6.45) is 5.08. The highest BCUT2D eigenvalue weighted by Gasteiger charge is 2.06. The van der Waals surface area contributed by atoms with Crippen LogP contribution < -0.4 is 11.1 Å². The van der Waals surface area contributed by atoms with Gasteiger partial charge < -0.3 is 11.1 Å². The maximum absolute atomic E-state index is 11.4. The predicted octanol–water partition coefficient (Wildman–Crippen LogP) is 0.0881. The quantitative estimate of drug-likeness (QED) is 0.489. The molecule has 0 spiro atoms. The molecule has 15 heavy (non-hydrogen) atoms. The van der Waals surface area contributed by atoms with E-state index in [1.807, 2.05) is 0 Å². The van der Waals surface area contributed by atoms with Crippen LogP contribution in [0, 0.1) is 12.3 Å². The zero-order valence-corrected chi connectivity index (χ0v) is 8.93. The van der Waals surface area contributed by atoms with E-state index in [0.29, 0.717) is 23.8 Å². The number of nitrogen functional groups attached to an aromatic ring is 1. The highest BCUT2D eigenvalue weighted by molar-refractivity contribution is 7.99. The van der Waals surface area contributed by atoms with Crippen LogP contribution in [-0.4, -0.2) is 34.2 Å². The fourth-order valence-electron chi connectivity index (χ4n) is 0.917. The maximum atomic E-state index is 11.4. The molecule has 1 aromatic rings. The number of aromatic nitrogens is 2. The molecule has 6 heteroatoms. The molecule has 1 heterocycles. The molecule has 1 aromatic heterocycles. The second-order valence-electron chi connectivity index (χ2n) is 2.72. The number of nitrogens with two attached hydrogens (primary N) is 1. The number of amides is 1. The molecule has 0 aliphatic rings. The van der Waals surface area contributed by atoms with Crippen molar-refractivity contribution < 1.29 is 4.79 Å². The highest BCUT2D eigenvalue weighted by Crippen LogP contribution is 2.00. The zero-order valence-electron chi connectivity index (χ0n) is 8.12. The SMILES string of the molecule is C#CCSCCNC(=O)c1cc(N)n[nH]1. The number of nitrogens with zero attached hydrogens (tertiary/aromatic N) is 1. The molecule has 0 radical (unpaired) electrons. The van der Waals surface area contributed by atoms with Crippen molar-refractivity contribution in [1.29, 1.82) is 0 Å². The molecule has 0 aromatic carbocycles. The third-order valence-electron chi connectivity index (χ3n) is 1.56. The van der Waals surface area contributed by atoms with Crippen molar-refractivity contribution in [3.05, 3.63) is 11.8 Å². The van der Waals surface area contributed by atoms with Crippen LogP contribution in [0.4, 0.5) is 5.82 Å². The third-order valence-corrected chi connectivity index (χ3v) is 2.42. The molecule has 0 saturated heterocycles. The normalized spacial score (nSPS) is 9.53. The van der Waals surface area contributed by atoms with Crippen LogP contribution >= 0.6 is 11.8 Å². The van der Waals surface area contributed by atoms with E-state index in [4.69, 9.17) is 12.2 Å². The van der Waals surface area contributed by atoms with Gasteiger partial charge in [0.25, 0.3) is 5.91 Å². The van der Waals surface area contributed by atoms with Gasteiger partial charge in [0, 0.05) is 18.4 Å². The minimum Gasteiger partial charge on any atom is -0.382 e. The first-order valence-electron chi connectivity index (χ1n) is 4.34. The van der Waals surface area contributed by atoms with Gasteiger partial charge in [-0.2, -0.15) is 5.10 Å². The molecular formula is C9H12N4OS. The minimum atomic E-state index is -0.208. The molecule has 4 N–H and O–H groups in total. The van der Waals surface area contributed by atoms with Crippen molar-refractivity contribution in [1.82, 2.24) is 15.5 Å². The number of rotatable bonds is 5. The Balaban J connectivity index is 2.23. The smallest absolute Gasteiger partial charge is 0.269 e. The van der Waals surface area contributed by atoms with Crippen LogP contribution in [-0.2, 0) is 0 Å². The molecular weight excluding hydrogens is 212 g/mol. The van der Waals surface area contributed by atoms with Crippen molar-refractivity contribution in [2.45, 2.75) is 0 Å². The molecule has 0 aliphatic heterocycles. The molecule has 0 saturated carbocycles. The van der Waals surface area contributed by atoms with Crippen molar-refractivity contribution in [2.75, 3.05) is 23.8 Å². The molecule has 5 nitrogen and oxygen atoms in total. The van der Waals surface area contributed by atoms with E-state index in [-0.39, 0.29) is 5.91 Å². The van der Waals surface area contributed by atoms with Crippen molar-refractivity contribution in [3.63, 3.8) is 0 Å². The minimum absolute atomic E-state index is 0.208. The lowest BCUT2D eigenvalue weighted by Crippen LogP contribution is -2.26. The van der Waals surface area contributed by atoms with E-state index in [0.717, 1.165) is 5.75 Å². The van der Waals surface area contributed by atoms with Crippen LogP contribution in [0.2, 0.25) is 0 Å². The van der Waals surface area contributed by atoms with Crippen LogP contribution in [0.1, 0.15) is 10.5 Å². The molecule has 0 fully saturated rings. The van der Waals surface area contributed by atoms with E-state index >= 15 is 0 Å². The summed E-state index contributed by atoms with van der Waals surface area (Å²) >= 11 is 1.59. The second-order valence-corrected chi connectivity index (χ2v) is 3.82. The lowest BCUT2D eigenvalue weighted by Gasteiger charge is -2.01. The van der Waals surface area contributed by atoms with Gasteiger partial charge in [-0.3, -0.25) is 9.89 Å². The van der Waals surface area contributed by atoms with E-state index < -0.39 is 0 Å². The number of nitrogens with one attached hydrogen (secondary N) is 2. The van der Waals surface area contributed by atoms with Gasteiger partial charge in [0.05, 0.1) is 5.75 Å². The number of hydrogen-bond donors (Lipinski definition) is 3. The van der Waals surface area contributed by atoms with E-state index in [1.165, 1.54) is 6.07 Å². The van der Waals surface area contributed by atoms with Gasteiger partial charge in [-0.25, -0.2) is 0 Å². The van der Waals surface area contributed by atoms with Crippen molar-refractivity contribution in [3.8, 4) is 12.3 Å². The van der Waals surface area contributed by atoms with Crippen LogP contribution in [0.15, 0.2) is 6.07 Å². The Bertz CT molecular complexity index is 368. The second kappa shape index (κ2) is 5.98. The Labute approximate surface area is 92.2 Å². The summed E-state index contributed by atoms with van der Waals surface area (Å²) in [5, 5.41) is 8.90. The average Bonchev–Trinajstić information content (AvgIpc) is 2.64. The Morgan fingerprint density at radius 1 is 1.80 bits per heavy atom. The summed E-state index contributed by atoms with van der Waals surface area (Å²) in [7, 11) is 0. The molecule has 0 aliphatic carbocycles. The predicted molar refractivity (Wildman–Crippen MR) is 61.5 cm³/mol. The Hall–Kier alpha value is -1.61. The maximum Gasteiger partial charge on any atom is 0.269 e. The highest BCUT2D eigenvalue weighted by atomic mass is 32.2. The lowest BCUT2D eigenvalue weighted by molar-refractivity contribution is 0.0951. The number of carbonyl (C=O) groups excluding carboxylic acids is 1. The molecule has 1 rings (SSSR count).